The van der Waals surface area contributed by atoms with Crippen molar-refractivity contribution >= 4 is 17.9 Å². The van der Waals surface area contributed by atoms with E-state index in [1.54, 1.807) is 0 Å². The fourth-order valence-corrected chi connectivity index (χ4v) is 10.5. The molecule has 0 rings (SSSR count). The van der Waals surface area contributed by atoms with Gasteiger partial charge in [-0.3, -0.25) is 14.4 Å². The van der Waals surface area contributed by atoms with Gasteiger partial charge in [-0.15, -0.1) is 0 Å². The summed E-state index contributed by atoms with van der Waals surface area (Å²) in [7, 11) is 0. The Balaban J connectivity index is 4.11. The SMILES string of the molecule is CC/C=C\C/C=C\C/C=C\CCCCCC(=O)OCC(COC(=O)CCCCCCCCCCCCCCCCCCCCCCCCCCCCCCCCCCC)OC(=O)CCCCCCC/C=C\C/C=C\CCCCCC. The Hall–Kier alpha value is -2.89. The van der Waals surface area contributed by atoms with Crippen LogP contribution in [0.5, 0.6) is 0 Å². The van der Waals surface area contributed by atoms with Gasteiger partial charge in [0.05, 0.1) is 0 Å². The minimum absolute atomic E-state index is 0.0866. The van der Waals surface area contributed by atoms with Gasteiger partial charge in [-0.05, 0) is 83.5 Å². The van der Waals surface area contributed by atoms with Crippen molar-refractivity contribution < 1.29 is 28.6 Å². The Labute approximate surface area is 498 Å². The quantitative estimate of drug-likeness (QED) is 0.0261. The molecule has 0 heterocycles. The van der Waals surface area contributed by atoms with Gasteiger partial charge in [0, 0.05) is 19.3 Å². The number of ether oxygens (including phenoxy) is 3. The van der Waals surface area contributed by atoms with E-state index in [9.17, 15) is 14.4 Å². The third-order valence-corrected chi connectivity index (χ3v) is 15.8. The van der Waals surface area contributed by atoms with Gasteiger partial charge < -0.3 is 14.2 Å². The molecule has 0 aliphatic carbocycles. The topological polar surface area (TPSA) is 78.9 Å². The van der Waals surface area contributed by atoms with Crippen LogP contribution in [0.4, 0.5) is 0 Å². The largest absolute Gasteiger partial charge is 0.462 e. The third-order valence-electron chi connectivity index (χ3n) is 15.8. The molecule has 0 N–H and O–H groups in total. The molecule has 0 aromatic carbocycles. The molecule has 1 unspecified atom stereocenters. The van der Waals surface area contributed by atoms with E-state index in [4.69, 9.17) is 14.2 Å². The number of esters is 3. The van der Waals surface area contributed by atoms with Crippen molar-refractivity contribution in [2.45, 2.75) is 380 Å². The van der Waals surface area contributed by atoms with Crippen molar-refractivity contribution in [1.29, 1.82) is 0 Å². The Kier molecular flexibility index (Phi) is 66.1. The number of hydrogen-bond donors (Lipinski definition) is 0. The van der Waals surface area contributed by atoms with Gasteiger partial charge in [-0.2, -0.15) is 0 Å². The molecule has 0 aromatic heterocycles. The number of rotatable bonds is 65. The molecule has 6 nitrogen and oxygen atoms in total. The lowest BCUT2D eigenvalue weighted by Crippen LogP contribution is -2.30. The van der Waals surface area contributed by atoms with Gasteiger partial charge >= 0.3 is 17.9 Å². The van der Waals surface area contributed by atoms with E-state index < -0.39 is 6.10 Å². The van der Waals surface area contributed by atoms with E-state index in [-0.39, 0.29) is 31.1 Å². The van der Waals surface area contributed by atoms with Crippen molar-refractivity contribution in [2.24, 2.45) is 0 Å². The van der Waals surface area contributed by atoms with Crippen LogP contribution in [0.2, 0.25) is 0 Å². The van der Waals surface area contributed by atoms with Crippen LogP contribution in [0.25, 0.3) is 0 Å². The highest BCUT2D eigenvalue weighted by atomic mass is 16.6. The molecular weight excluding hydrogens is 985 g/mol. The summed E-state index contributed by atoms with van der Waals surface area (Å²) in [5, 5.41) is 0. The first-order chi connectivity index (χ1) is 39.5. The summed E-state index contributed by atoms with van der Waals surface area (Å²) in [6, 6.07) is 0. The number of unbranched alkanes of at least 4 members (excludes halogenated alkanes) is 44. The summed E-state index contributed by atoms with van der Waals surface area (Å²) >= 11 is 0. The Morgan fingerprint density at radius 2 is 0.487 bits per heavy atom. The predicted octanol–water partition coefficient (Wildman–Crippen LogP) is 24.3. The predicted molar refractivity (Wildman–Crippen MR) is 348 cm³/mol. The number of allylic oxidation sites excluding steroid dienone is 10. The third kappa shape index (κ3) is 65.9. The summed E-state index contributed by atoms with van der Waals surface area (Å²) < 4.78 is 16.9. The molecule has 0 bridgehead atoms. The zero-order valence-electron chi connectivity index (χ0n) is 53.6. The molecular formula is C74H134O6. The van der Waals surface area contributed by atoms with E-state index in [0.29, 0.717) is 19.3 Å². The van der Waals surface area contributed by atoms with E-state index in [1.165, 1.54) is 225 Å². The maximum atomic E-state index is 12.9. The Bertz CT molecular complexity index is 1430. The molecule has 466 valence electrons. The lowest BCUT2D eigenvalue weighted by atomic mass is 10.0. The van der Waals surface area contributed by atoms with Gasteiger partial charge in [0.25, 0.3) is 0 Å². The van der Waals surface area contributed by atoms with Crippen molar-refractivity contribution in [2.75, 3.05) is 13.2 Å². The zero-order chi connectivity index (χ0) is 57.8. The maximum Gasteiger partial charge on any atom is 0.306 e. The average molecular weight is 1120 g/mol. The number of carbonyl (C=O) groups is 3. The number of carbonyl (C=O) groups excluding carboxylic acids is 3. The first-order valence-electron chi connectivity index (χ1n) is 35.3. The summed E-state index contributed by atoms with van der Waals surface area (Å²) in [6.07, 6.45) is 88.5. The standard InChI is InChI=1S/C74H134O6/c1-4-7-10-13-16-19-22-25-27-29-30-31-32-33-34-35-36-37-38-39-40-41-42-43-44-45-47-49-52-55-58-61-64-67-73(76)79-70-71(69-78-72(75)66-63-60-57-54-51-48-24-21-18-15-12-9-6-3)80-74(77)68-65-62-59-56-53-50-46-28-26-23-20-17-14-11-8-5-2/h9,12,18,20-21,23,28,46,48,51,71H,4-8,10-11,13-17,19,22,24-27,29-45,47,49-50,52-70H2,1-3H3/b12-9-,21-18-,23-20-,46-28-,51-48-. The fourth-order valence-electron chi connectivity index (χ4n) is 10.5. The Morgan fingerprint density at radius 3 is 0.787 bits per heavy atom. The van der Waals surface area contributed by atoms with Crippen LogP contribution in [-0.4, -0.2) is 37.2 Å². The van der Waals surface area contributed by atoms with E-state index in [2.05, 4.69) is 81.5 Å². The second-order valence-corrected chi connectivity index (χ2v) is 23.8. The minimum Gasteiger partial charge on any atom is -0.462 e. The molecule has 1 atom stereocenters. The van der Waals surface area contributed by atoms with Gasteiger partial charge in [0.1, 0.15) is 13.2 Å². The van der Waals surface area contributed by atoms with E-state index >= 15 is 0 Å². The summed E-state index contributed by atoms with van der Waals surface area (Å²) in [5.41, 5.74) is 0. The molecule has 0 saturated heterocycles. The van der Waals surface area contributed by atoms with Gasteiger partial charge in [0.15, 0.2) is 6.10 Å². The average Bonchev–Trinajstić information content (AvgIpc) is 3.46. The van der Waals surface area contributed by atoms with Crippen molar-refractivity contribution in [1.82, 2.24) is 0 Å². The molecule has 0 aliphatic rings. The van der Waals surface area contributed by atoms with Crippen LogP contribution < -0.4 is 0 Å². The van der Waals surface area contributed by atoms with Gasteiger partial charge in [-0.1, -0.05) is 332 Å². The second kappa shape index (κ2) is 68.6. The van der Waals surface area contributed by atoms with Crippen LogP contribution in [0.15, 0.2) is 60.8 Å². The normalized spacial score (nSPS) is 12.4. The summed E-state index contributed by atoms with van der Waals surface area (Å²) in [6.45, 7) is 6.52. The highest BCUT2D eigenvalue weighted by Gasteiger charge is 2.19. The van der Waals surface area contributed by atoms with Crippen molar-refractivity contribution in [3.63, 3.8) is 0 Å². The summed E-state index contributed by atoms with van der Waals surface area (Å²) in [5.74, 6) is -0.913. The minimum atomic E-state index is -0.793. The second-order valence-electron chi connectivity index (χ2n) is 23.8. The van der Waals surface area contributed by atoms with Crippen LogP contribution in [0.1, 0.15) is 374 Å². The first-order valence-corrected chi connectivity index (χ1v) is 35.3. The lowest BCUT2D eigenvalue weighted by Gasteiger charge is -2.18. The van der Waals surface area contributed by atoms with Crippen molar-refractivity contribution in [3.8, 4) is 0 Å². The molecule has 6 heteroatoms. The smallest absolute Gasteiger partial charge is 0.306 e. The Morgan fingerprint density at radius 1 is 0.263 bits per heavy atom. The van der Waals surface area contributed by atoms with E-state index in [0.717, 1.165) is 109 Å². The van der Waals surface area contributed by atoms with Crippen molar-refractivity contribution in [3.05, 3.63) is 60.8 Å². The van der Waals surface area contributed by atoms with E-state index in [1.807, 2.05) is 0 Å². The molecule has 0 amide bonds. The van der Waals surface area contributed by atoms with Crippen LogP contribution >= 0.6 is 0 Å². The maximum absolute atomic E-state index is 12.9. The lowest BCUT2D eigenvalue weighted by molar-refractivity contribution is -0.167. The van der Waals surface area contributed by atoms with Crippen LogP contribution in [0, 0.1) is 0 Å². The highest BCUT2D eigenvalue weighted by molar-refractivity contribution is 5.71. The molecule has 80 heavy (non-hydrogen) atoms. The highest BCUT2D eigenvalue weighted by Crippen LogP contribution is 2.18. The molecule has 0 radical (unpaired) electrons. The molecule has 0 fully saturated rings. The molecule has 0 spiro atoms. The van der Waals surface area contributed by atoms with Crippen LogP contribution in [-0.2, 0) is 28.6 Å². The van der Waals surface area contributed by atoms with Gasteiger partial charge in [0.2, 0.25) is 0 Å². The molecule has 0 aromatic rings. The first kappa shape index (κ1) is 77.1. The monoisotopic (exact) mass is 1120 g/mol. The molecule has 0 saturated carbocycles. The summed E-state index contributed by atoms with van der Waals surface area (Å²) in [4.78, 5) is 38.3. The van der Waals surface area contributed by atoms with Crippen LogP contribution in [0.3, 0.4) is 0 Å². The fraction of sp³-hybridized carbons (Fsp3) is 0.824. The number of hydrogen-bond acceptors (Lipinski definition) is 6. The van der Waals surface area contributed by atoms with Gasteiger partial charge in [-0.25, -0.2) is 0 Å². The molecule has 0 aliphatic heterocycles. The zero-order valence-corrected chi connectivity index (χ0v) is 53.6.